The predicted octanol–water partition coefficient (Wildman–Crippen LogP) is 4.23. The fraction of sp³-hybridized carbons (Fsp3) is 0.286. The molecule has 3 rings (SSSR count). The molecule has 0 amide bonds. The van der Waals surface area contributed by atoms with Crippen molar-refractivity contribution in [2.24, 2.45) is 5.92 Å². The Bertz CT molecular complexity index is 507. The lowest BCUT2D eigenvalue weighted by atomic mass is 9.91. The van der Waals surface area contributed by atoms with Gasteiger partial charge in [-0.15, -0.1) is 11.3 Å². The van der Waals surface area contributed by atoms with Gasteiger partial charge < -0.3 is 5.32 Å². The van der Waals surface area contributed by atoms with Crippen molar-refractivity contribution in [1.29, 1.82) is 0 Å². The second-order valence-electron chi connectivity index (χ2n) is 4.54. The van der Waals surface area contributed by atoms with E-state index in [0.717, 1.165) is 24.4 Å². The third kappa shape index (κ3) is 2.48. The molecule has 1 unspecified atom stereocenters. The maximum atomic E-state index is 6.04. The van der Waals surface area contributed by atoms with Crippen LogP contribution in [0.4, 0.5) is 5.69 Å². The quantitative estimate of drug-likeness (QED) is 0.855. The van der Waals surface area contributed by atoms with Gasteiger partial charge in [-0.3, -0.25) is 0 Å². The molecule has 3 heteroatoms. The van der Waals surface area contributed by atoms with Gasteiger partial charge in [0.1, 0.15) is 0 Å². The molecule has 17 heavy (non-hydrogen) atoms. The van der Waals surface area contributed by atoms with Crippen LogP contribution in [0.2, 0.25) is 5.02 Å². The number of halogens is 1. The summed E-state index contributed by atoms with van der Waals surface area (Å²) in [5.41, 5.74) is 2.60. The molecule has 0 aliphatic carbocycles. The fourth-order valence-corrected chi connectivity index (χ4v) is 3.41. The zero-order valence-electron chi connectivity index (χ0n) is 9.45. The van der Waals surface area contributed by atoms with Crippen LogP contribution in [0.1, 0.15) is 10.4 Å². The van der Waals surface area contributed by atoms with E-state index in [9.17, 15) is 0 Å². The average molecular weight is 264 g/mol. The normalized spacial score (nSPS) is 18.5. The summed E-state index contributed by atoms with van der Waals surface area (Å²) in [6.45, 7) is 1.06. The topological polar surface area (TPSA) is 12.0 Å². The Morgan fingerprint density at radius 1 is 1.35 bits per heavy atom. The lowest BCUT2D eigenvalue weighted by Gasteiger charge is -2.26. The molecule has 1 nitrogen and oxygen atoms in total. The van der Waals surface area contributed by atoms with Crippen LogP contribution >= 0.6 is 22.9 Å². The lowest BCUT2D eigenvalue weighted by molar-refractivity contribution is 0.539. The van der Waals surface area contributed by atoms with Crippen molar-refractivity contribution in [3.63, 3.8) is 0 Å². The number of rotatable bonds is 2. The highest BCUT2D eigenvalue weighted by Gasteiger charge is 2.18. The molecule has 0 bridgehead atoms. The number of hydrogen-bond donors (Lipinski definition) is 1. The molecule has 2 heterocycles. The van der Waals surface area contributed by atoms with E-state index in [-0.39, 0.29) is 0 Å². The summed E-state index contributed by atoms with van der Waals surface area (Å²) in [7, 11) is 0. The van der Waals surface area contributed by atoms with E-state index >= 15 is 0 Å². The largest absolute Gasteiger partial charge is 0.385 e. The van der Waals surface area contributed by atoms with Crippen LogP contribution in [-0.2, 0) is 12.8 Å². The van der Waals surface area contributed by atoms with Crippen LogP contribution in [0.3, 0.4) is 0 Å². The first-order valence-corrected chi connectivity index (χ1v) is 7.12. The van der Waals surface area contributed by atoms with Crippen molar-refractivity contribution in [3.8, 4) is 0 Å². The third-order valence-electron chi connectivity index (χ3n) is 3.23. The standard InChI is InChI=1S/C14H14ClNS/c15-12-3-4-14-11(8-12)6-10(9-16-14)7-13-2-1-5-17-13/h1-5,8,10,16H,6-7,9H2. The van der Waals surface area contributed by atoms with Crippen molar-refractivity contribution in [2.45, 2.75) is 12.8 Å². The van der Waals surface area contributed by atoms with Gasteiger partial charge >= 0.3 is 0 Å². The monoisotopic (exact) mass is 263 g/mol. The molecular weight excluding hydrogens is 250 g/mol. The van der Waals surface area contributed by atoms with Gasteiger partial charge in [0.05, 0.1) is 0 Å². The van der Waals surface area contributed by atoms with Gasteiger partial charge in [-0.1, -0.05) is 17.7 Å². The summed E-state index contributed by atoms with van der Waals surface area (Å²) < 4.78 is 0. The predicted molar refractivity (Wildman–Crippen MR) is 75.2 cm³/mol. The number of benzene rings is 1. The maximum absolute atomic E-state index is 6.04. The number of fused-ring (bicyclic) bond motifs is 1. The Morgan fingerprint density at radius 2 is 2.29 bits per heavy atom. The highest BCUT2D eigenvalue weighted by molar-refractivity contribution is 7.09. The van der Waals surface area contributed by atoms with E-state index < -0.39 is 0 Å². The molecular formula is C14H14ClNS. The van der Waals surface area contributed by atoms with Gasteiger partial charge in [0.2, 0.25) is 0 Å². The Morgan fingerprint density at radius 3 is 3.12 bits per heavy atom. The minimum absolute atomic E-state index is 0.680. The van der Waals surface area contributed by atoms with E-state index in [1.807, 2.05) is 17.4 Å². The van der Waals surface area contributed by atoms with Crippen molar-refractivity contribution in [1.82, 2.24) is 0 Å². The highest BCUT2D eigenvalue weighted by Crippen LogP contribution is 2.29. The molecule has 88 valence electrons. The summed E-state index contributed by atoms with van der Waals surface area (Å²) in [6, 6.07) is 10.5. The fourth-order valence-electron chi connectivity index (χ4n) is 2.40. The highest BCUT2D eigenvalue weighted by atomic mass is 35.5. The molecule has 0 saturated carbocycles. The molecule has 0 radical (unpaired) electrons. The first-order valence-electron chi connectivity index (χ1n) is 5.86. The second-order valence-corrected chi connectivity index (χ2v) is 6.00. The zero-order chi connectivity index (χ0) is 11.7. The maximum Gasteiger partial charge on any atom is 0.0410 e. The number of anilines is 1. The molecule has 0 spiro atoms. The Balaban J connectivity index is 1.76. The van der Waals surface area contributed by atoms with Crippen LogP contribution < -0.4 is 5.32 Å². The average Bonchev–Trinajstić information content (AvgIpc) is 2.81. The van der Waals surface area contributed by atoms with Gasteiger partial charge in [0.25, 0.3) is 0 Å². The van der Waals surface area contributed by atoms with E-state index in [0.29, 0.717) is 5.92 Å². The first kappa shape index (κ1) is 11.1. The van der Waals surface area contributed by atoms with Crippen molar-refractivity contribution < 1.29 is 0 Å². The molecule has 0 fully saturated rings. The summed E-state index contributed by atoms with van der Waals surface area (Å²) >= 11 is 7.89. The van der Waals surface area contributed by atoms with E-state index in [1.165, 1.54) is 16.1 Å². The Hall–Kier alpha value is -0.990. The van der Waals surface area contributed by atoms with Gasteiger partial charge in [0, 0.05) is 22.1 Å². The van der Waals surface area contributed by atoms with Gasteiger partial charge in [-0.25, -0.2) is 0 Å². The van der Waals surface area contributed by atoms with E-state index in [2.05, 4.69) is 35.0 Å². The van der Waals surface area contributed by atoms with Crippen molar-refractivity contribution in [2.75, 3.05) is 11.9 Å². The van der Waals surface area contributed by atoms with E-state index in [4.69, 9.17) is 11.6 Å². The van der Waals surface area contributed by atoms with Gasteiger partial charge in [-0.05, 0) is 54.0 Å². The summed E-state index contributed by atoms with van der Waals surface area (Å²) in [5.74, 6) is 0.680. The number of nitrogens with one attached hydrogen (secondary N) is 1. The SMILES string of the molecule is Clc1ccc2c(c1)CC(Cc1cccs1)CN2. The van der Waals surface area contributed by atoms with E-state index in [1.54, 1.807) is 0 Å². The van der Waals surface area contributed by atoms with Crippen LogP contribution in [0, 0.1) is 5.92 Å². The van der Waals surface area contributed by atoms with Crippen LogP contribution in [-0.4, -0.2) is 6.54 Å². The minimum atomic E-state index is 0.680. The summed E-state index contributed by atoms with van der Waals surface area (Å²) in [6.07, 6.45) is 2.29. The Kier molecular flexibility index (Phi) is 3.08. The first-order chi connectivity index (χ1) is 8.31. The number of thiophene rings is 1. The van der Waals surface area contributed by atoms with Crippen LogP contribution in [0.15, 0.2) is 35.7 Å². The molecule has 1 aromatic carbocycles. The smallest absolute Gasteiger partial charge is 0.0410 e. The lowest BCUT2D eigenvalue weighted by Crippen LogP contribution is -2.24. The molecule has 2 aromatic rings. The molecule has 1 aliphatic rings. The molecule has 1 atom stereocenters. The van der Waals surface area contributed by atoms with Crippen molar-refractivity contribution >= 4 is 28.6 Å². The van der Waals surface area contributed by atoms with Crippen LogP contribution in [0.5, 0.6) is 0 Å². The van der Waals surface area contributed by atoms with Gasteiger partial charge in [0.15, 0.2) is 0 Å². The third-order valence-corrected chi connectivity index (χ3v) is 4.36. The molecule has 1 N–H and O–H groups in total. The number of hydrogen-bond acceptors (Lipinski definition) is 2. The summed E-state index contributed by atoms with van der Waals surface area (Å²) in [5, 5.41) is 6.48. The molecule has 1 aromatic heterocycles. The van der Waals surface area contributed by atoms with Crippen molar-refractivity contribution in [3.05, 3.63) is 51.2 Å². The molecule has 1 aliphatic heterocycles. The Labute approximate surface area is 110 Å². The summed E-state index contributed by atoms with van der Waals surface area (Å²) in [4.78, 5) is 1.47. The van der Waals surface area contributed by atoms with Crippen LogP contribution in [0.25, 0.3) is 0 Å². The zero-order valence-corrected chi connectivity index (χ0v) is 11.0. The molecule has 0 saturated heterocycles. The second kappa shape index (κ2) is 4.71. The van der Waals surface area contributed by atoms with Gasteiger partial charge in [-0.2, -0.15) is 0 Å². The minimum Gasteiger partial charge on any atom is -0.385 e.